The van der Waals surface area contributed by atoms with Crippen molar-refractivity contribution in [3.05, 3.63) is 48.0 Å². The molecule has 0 fully saturated rings. The molecule has 4 N–H and O–H groups in total. The van der Waals surface area contributed by atoms with Crippen LogP contribution in [-0.2, 0) is 4.79 Å². The van der Waals surface area contributed by atoms with E-state index >= 15 is 0 Å². The fraction of sp³-hybridized carbons (Fsp3) is 0.154. The lowest BCUT2D eigenvalue weighted by molar-refractivity contribution is -0.123. The van der Waals surface area contributed by atoms with Crippen molar-refractivity contribution in [2.24, 2.45) is 5.84 Å². The average molecular weight is 230 g/mol. The summed E-state index contributed by atoms with van der Waals surface area (Å²) in [6.45, 7) is 0. The standard InChI is InChI=1S/C13H14N2O2/c14-15-13(17)8-12(16)11-7-3-5-9-4-1-2-6-10(9)11/h1-7,12,16H,8,14H2,(H,15,17)/t12-/m1/s1. The monoisotopic (exact) mass is 230 g/mol. The van der Waals surface area contributed by atoms with E-state index in [1.165, 1.54) is 0 Å². The zero-order valence-electron chi connectivity index (χ0n) is 9.26. The highest BCUT2D eigenvalue weighted by molar-refractivity contribution is 5.86. The highest BCUT2D eigenvalue weighted by Crippen LogP contribution is 2.25. The summed E-state index contributed by atoms with van der Waals surface area (Å²) in [7, 11) is 0. The van der Waals surface area contributed by atoms with Gasteiger partial charge in [0.2, 0.25) is 5.91 Å². The second kappa shape index (κ2) is 4.95. The van der Waals surface area contributed by atoms with Crippen LogP contribution in [0.3, 0.4) is 0 Å². The van der Waals surface area contributed by atoms with Crippen LogP contribution in [0, 0.1) is 0 Å². The molecule has 2 aromatic carbocycles. The molecule has 2 aromatic rings. The summed E-state index contributed by atoms with van der Waals surface area (Å²) in [6, 6.07) is 13.4. The molecule has 0 spiro atoms. The molecular formula is C13H14N2O2. The van der Waals surface area contributed by atoms with Gasteiger partial charge in [-0.25, -0.2) is 5.84 Å². The summed E-state index contributed by atoms with van der Waals surface area (Å²) in [5, 5.41) is 12.0. The topological polar surface area (TPSA) is 75.3 Å². The van der Waals surface area contributed by atoms with Crippen molar-refractivity contribution in [3.8, 4) is 0 Å². The van der Waals surface area contributed by atoms with Gasteiger partial charge in [0, 0.05) is 0 Å². The largest absolute Gasteiger partial charge is 0.388 e. The maximum atomic E-state index is 11.1. The summed E-state index contributed by atoms with van der Waals surface area (Å²) in [5.74, 6) is 4.62. The Kier molecular flexibility index (Phi) is 3.37. The van der Waals surface area contributed by atoms with E-state index in [2.05, 4.69) is 0 Å². The summed E-state index contributed by atoms with van der Waals surface area (Å²) in [4.78, 5) is 11.1. The van der Waals surface area contributed by atoms with Gasteiger partial charge in [0.15, 0.2) is 0 Å². The number of amides is 1. The minimum absolute atomic E-state index is 0.0372. The lowest BCUT2D eigenvalue weighted by atomic mass is 9.98. The van der Waals surface area contributed by atoms with Crippen LogP contribution in [0.15, 0.2) is 42.5 Å². The maximum Gasteiger partial charge on any atom is 0.236 e. The number of fused-ring (bicyclic) bond motifs is 1. The Bertz CT molecular complexity index is 534. The second-order valence-electron chi connectivity index (χ2n) is 3.86. The van der Waals surface area contributed by atoms with Crippen molar-refractivity contribution in [2.45, 2.75) is 12.5 Å². The highest BCUT2D eigenvalue weighted by Gasteiger charge is 2.14. The number of hydrazine groups is 1. The molecule has 2 rings (SSSR count). The molecular weight excluding hydrogens is 216 g/mol. The first kappa shape index (κ1) is 11.6. The number of hydrogen-bond donors (Lipinski definition) is 3. The summed E-state index contributed by atoms with van der Waals surface area (Å²) >= 11 is 0. The number of nitrogens with one attached hydrogen (secondary N) is 1. The van der Waals surface area contributed by atoms with E-state index in [1.54, 1.807) is 0 Å². The molecule has 0 saturated carbocycles. The third kappa shape index (κ3) is 2.43. The molecule has 17 heavy (non-hydrogen) atoms. The number of rotatable bonds is 3. The minimum atomic E-state index is -0.843. The van der Waals surface area contributed by atoms with Crippen molar-refractivity contribution in [2.75, 3.05) is 0 Å². The van der Waals surface area contributed by atoms with E-state index in [1.807, 2.05) is 47.9 Å². The van der Waals surface area contributed by atoms with Crippen molar-refractivity contribution < 1.29 is 9.90 Å². The predicted octanol–water partition coefficient (Wildman–Crippen LogP) is 1.25. The smallest absolute Gasteiger partial charge is 0.236 e. The number of carbonyl (C=O) groups excluding carboxylic acids is 1. The fourth-order valence-corrected chi connectivity index (χ4v) is 1.89. The lowest BCUT2D eigenvalue weighted by Gasteiger charge is -2.12. The Balaban J connectivity index is 2.38. The molecule has 1 amide bonds. The van der Waals surface area contributed by atoms with Crippen molar-refractivity contribution in [3.63, 3.8) is 0 Å². The Labute approximate surface area is 99.0 Å². The van der Waals surface area contributed by atoms with Crippen LogP contribution >= 0.6 is 0 Å². The minimum Gasteiger partial charge on any atom is -0.388 e. The predicted molar refractivity (Wildman–Crippen MR) is 65.9 cm³/mol. The summed E-state index contributed by atoms with van der Waals surface area (Å²) in [6.07, 6.45) is -0.880. The Morgan fingerprint density at radius 1 is 1.24 bits per heavy atom. The van der Waals surface area contributed by atoms with Crippen molar-refractivity contribution in [1.29, 1.82) is 0 Å². The van der Waals surface area contributed by atoms with E-state index in [9.17, 15) is 9.90 Å². The first-order chi connectivity index (χ1) is 8.22. The van der Waals surface area contributed by atoms with Gasteiger partial charge >= 0.3 is 0 Å². The third-order valence-corrected chi connectivity index (χ3v) is 2.72. The molecule has 0 aromatic heterocycles. The molecule has 0 saturated heterocycles. The molecule has 0 aliphatic carbocycles. The van der Waals surface area contributed by atoms with E-state index < -0.39 is 6.10 Å². The quantitative estimate of drug-likeness (QED) is 0.422. The zero-order chi connectivity index (χ0) is 12.3. The van der Waals surface area contributed by atoms with Crippen LogP contribution < -0.4 is 11.3 Å². The van der Waals surface area contributed by atoms with Gasteiger partial charge in [0.05, 0.1) is 12.5 Å². The number of benzene rings is 2. The van der Waals surface area contributed by atoms with Crippen LogP contribution in [0.1, 0.15) is 18.1 Å². The van der Waals surface area contributed by atoms with Gasteiger partial charge in [0.25, 0.3) is 0 Å². The number of nitrogens with two attached hydrogens (primary N) is 1. The number of aliphatic hydroxyl groups excluding tert-OH is 1. The average Bonchev–Trinajstić information content (AvgIpc) is 2.37. The number of aliphatic hydroxyl groups is 1. The normalized spacial score (nSPS) is 12.4. The van der Waals surface area contributed by atoms with Crippen LogP contribution in [0.2, 0.25) is 0 Å². The summed E-state index contributed by atoms with van der Waals surface area (Å²) < 4.78 is 0. The number of carbonyl (C=O) groups is 1. The van der Waals surface area contributed by atoms with Crippen LogP contribution in [0.4, 0.5) is 0 Å². The van der Waals surface area contributed by atoms with E-state index in [0.29, 0.717) is 0 Å². The van der Waals surface area contributed by atoms with Crippen LogP contribution in [0.25, 0.3) is 10.8 Å². The van der Waals surface area contributed by atoms with Gasteiger partial charge in [0.1, 0.15) is 0 Å². The Morgan fingerprint density at radius 2 is 1.94 bits per heavy atom. The molecule has 88 valence electrons. The summed E-state index contributed by atoms with van der Waals surface area (Å²) in [5.41, 5.74) is 2.76. The van der Waals surface area contributed by atoms with Gasteiger partial charge < -0.3 is 5.11 Å². The van der Waals surface area contributed by atoms with Crippen molar-refractivity contribution >= 4 is 16.7 Å². The van der Waals surface area contributed by atoms with Gasteiger partial charge in [-0.2, -0.15) is 0 Å². The van der Waals surface area contributed by atoms with E-state index in [-0.39, 0.29) is 12.3 Å². The molecule has 1 atom stereocenters. The first-order valence-electron chi connectivity index (χ1n) is 5.37. The van der Waals surface area contributed by atoms with Gasteiger partial charge in [-0.1, -0.05) is 42.5 Å². The molecule has 0 bridgehead atoms. The molecule has 0 aliphatic heterocycles. The molecule has 4 nitrogen and oxygen atoms in total. The molecule has 0 unspecified atom stereocenters. The molecule has 0 aliphatic rings. The first-order valence-corrected chi connectivity index (χ1v) is 5.37. The SMILES string of the molecule is NNC(=O)C[C@@H](O)c1cccc2ccccc12. The van der Waals surface area contributed by atoms with Gasteiger partial charge in [-0.05, 0) is 16.3 Å². The third-order valence-electron chi connectivity index (χ3n) is 2.72. The van der Waals surface area contributed by atoms with Crippen LogP contribution in [0.5, 0.6) is 0 Å². The Hall–Kier alpha value is -1.91. The van der Waals surface area contributed by atoms with E-state index in [0.717, 1.165) is 16.3 Å². The Morgan fingerprint density at radius 3 is 2.71 bits per heavy atom. The van der Waals surface area contributed by atoms with Gasteiger partial charge in [-0.15, -0.1) is 0 Å². The molecule has 0 heterocycles. The highest BCUT2D eigenvalue weighted by atomic mass is 16.3. The second-order valence-corrected chi connectivity index (χ2v) is 3.86. The maximum absolute atomic E-state index is 11.1. The lowest BCUT2D eigenvalue weighted by Crippen LogP contribution is -2.31. The zero-order valence-corrected chi connectivity index (χ0v) is 9.26. The molecule has 0 radical (unpaired) electrons. The van der Waals surface area contributed by atoms with Crippen LogP contribution in [-0.4, -0.2) is 11.0 Å². The van der Waals surface area contributed by atoms with Gasteiger partial charge in [-0.3, -0.25) is 10.2 Å². The fourth-order valence-electron chi connectivity index (χ4n) is 1.89. The van der Waals surface area contributed by atoms with Crippen molar-refractivity contribution in [1.82, 2.24) is 5.43 Å². The molecule has 4 heteroatoms. The van der Waals surface area contributed by atoms with E-state index in [4.69, 9.17) is 5.84 Å². The number of hydrogen-bond acceptors (Lipinski definition) is 3.